The number of pyridine rings is 1. The number of H-pyrrole nitrogens is 1. The molecule has 6 rings (SSSR count). The number of ether oxygens (including phenoxy) is 2. The van der Waals surface area contributed by atoms with E-state index in [0.29, 0.717) is 46.8 Å². The van der Waals surface area contributed by atoms with Gasteiger partial charge in [-0.05, 0) is 94.0 Å². The molecule has 2 amide bonds. The van der Waals surface area contributed by atoms with E-state index in [0.717, 1.165) is 55.1 Å². The maximum atomic E-state index is 14.1. The van der Waals surface area contributed by atoms with Gasteiger partial charge in [0.05, 0.1) is 29.4 Å². The molecule has 2 aromatic carbocycles. The lowest BCUT2D eigenvalue weighted by atomic mass is 9.93. The molecule has 0 aliphatic carbocycles. The van der Waals surface area contributed by atoms with Crippen LogP contribution in [0.2, 0.25) is 5.02 Å². The Balaban J connectivity index is 0.000000927. The molecule has 0 saturated carbocycles. The number of nitrogens with one attached hydrogen (secondary N) is 3. The van der Waals surface area contributed by atoms with Crippen molar-refractivity contribution in [2.24, 2.45) is 10.7 Å². The maximum Gasteiger partial charge on any atom is 0.256 e. The number of amidine groups is 1. The molecule has 2 aromatic heterocycles. The Morgan fingerprint density at radius 2 is 1.96 bits per heavy atom. The van der Waals surface area contributed by atoms with E-state index in [1.54, 1.807) is 36.4 Å². The third-order valence-electron chi connectivity index (χ3n) is 8.53. The van der Waals surface area contributed by atoms with E-state index in [2.05, 4.69) is 32.4 Å². The molecule has 1 atom stereocenters. The van der Waals surface area contributed by atoms with Crippen LogP contribution >= 0.6 is 11.6 Å². The van der Waals surface area contributed by atoms with Gasteiger partial charge in [-0.3, -0.25) is 19.5 Å². The first-order valence-corrected chi connectivity index (χ1v) is 17.1. The van der Waals surface area contributed by atoms with Crippen LogP contribution in [0.4, 0.5) is 4.39 Å². The first-order chi connectivity index (χ1) is 24.8. The van der Waals surface area contributed by atoms with E-state index < -0.39 is 11.7 Å². The predicted octanol–water partition coefficient (Wildman–Crippen LogP) is 5.36. The van der Waals surface area contributed by atoms with Crippen molar-refractivity contribution in [2.45, 2.75) is 51.4 Å². The van der Waals surface area contributed by atoms with Gasteiger partial charge in [-0.25, -0.2) is 14.4 Å². The number of aromatic amines is 1. The number of hydrogen-bond acceptors (Lipinski definition) is 9. The van der Waals surface area contributed by atoms with Crippen LogP contribution in [0.3, 0.4) is 0 Å². The summed E-state index contributed by atoms with van der Waals surface area (Å²) < 4.78 is 24.8. The molecule has 0 spiro atoms. The number of aromatic nitrogens is 3. The Bertz CT molecular complexity index is 1900. The Morgan fingerprint density at radius 1 is 1.18 bits per heavy atom. The van der Waals surface area contributed by atoms with Crippen LogP contribution in [0, 0.1) is 5.82 Å². The number of carbonyl (C=O) groups is 2. The van der Waals surface area contributed by atoms with Gasteiger partial charge in [0.1, 0.15) is 18.2 Å². The lowest BCUT2D eigenvalue weighted by Crippen LogP contribution is -2.36. The van der Waals surface area contributed by atoms with Gasteiger partial charge in [0, 0.05) is 47.5 Å². The van der Waals surface area contributed by atoms with E-state index in [1.165, 1.54) is 37.9 Å². The lowest BCUT2D eigenvalue weighted by molar-refractivity contribution is -0.108. The fourth-order valence-electron chi connectivity index (χ4n) is 5.59. The summed E-state index contributed by atoms with van der Waals surface area (Å²) in [6.07, 6.45) is 8.51. The Morgan fingerprint density at radius 3 is 2.63 bits per heavy atom. The summed E-state index contributed by atoms with van der Waals surface area (Å²) >= 11 is 5.84. The first kappa shape index (κ1) is 37.2. The van der Waals surface area contributed by atoms with Crippen molar-refractivity contribution in [2.75, 3.05) is 26.7 Å². The molecule has 2 aliphatic rings. The van der Waals surface area contributed by atoms with E-state index in [-0.39, 0.29) is 18.4 Å². The predicted molar refractivity (Wildman–Crippen MR) is 195 cm³/mol. The molecule has 4 aromatic rings. The first-order valence-electron chi connectivity index (χ1n) is 16.7. The van der Waals surface area contributed by atoms with Crippen molar-refractivity contribution >= 4 is 40.8 Å². The third kappa shape index (κ3) is 10.5. The number of nitrogens with zero attached hydrogens (tertiary/aromatic N) is 4. The summed E-state index contributed by atoms with van der Waals surface area (Å²) in [5, 5.41) is 5.58. The lowest BCUT2D eigenvalue weighted by Gasteiger charge is -2.31. The summed E-state index contributed by atoms with van der Waals surface area (Å²) in [5.41, 5.74) is 8.95. The number of halogens is 2. The van der Waals surface area contributed by atoms with Crippen molar-refractivity contribution in [1.29, 1.82) is 0 Å². The number of imidazole rings is 1. The fraction of sp³-hybridized carbons (Fsp3) is 0.324. The number of fused-ring (bicyclic) bond motifs is 1. The summed E-state index contributed by atoms with van der Waals surface area (Å²) in [5.74, 6) is 0.933. The molecule has 0 unspecified atom stereocenters. The van der Waals surface area contributed by atoms with Crippen molar-refractivity contribution in [1.82, 2.24) is 30.5 Å². The Kier molecular flexibility index (Phi) is 13.3. The van der Waals surface area contributed by atoms with E-state index in [9.17, 15) is 14.0 Å². The summed E-state index contributed by atoms with van der Waals surface area (Å²) in [6, 6.07) is 15.4. The maximum absolute atomic E-state index is 14.1. The number of hydrogen-bond donors (Lipinski definition) is 4. The highest BCUT2D eigenvalue weighted by Crippen LogP contribution is 2.29. The van der Waals surface area contributed by atoms with Gasteiger partial charge in [-0.2, -0.15) is 0 Å². The van der Waals surface area contributed by atoms with E-state index >= 15 is 0 Å². The molecule has 0 bridgehead atoms. The van der Waals surface area contributed by atoms with Gasteiger partial charge in [-0.15, -0.1) is 0 Å². The average molecular weight is 717 g/mol. The zero-order chi connectivity index (χ0) is 36.2. The highest BCUT2D eigenvalue weighted by molar-refractivity contribution is 6.30. The molecule has 2 fully saturated rings. The number of piperidine rings is 1. The SMILES string of the molecule is CN=C(NC(=O)c1ccc2nc(CN3CCC(c4cccc(OCc5ccc(Cl)cc5F)n4)CC3)[nH]c2c1)/C(=C\C=C\N)NC=O.C[C@@H]1CCO1. The van der Waals surface area contributed by atoms with Crippen molar-refractivity contribution in [3.63, 3.8) is 0 Å². The largest absolute Gasteiger partial charge is 0.473 e. The van der Waals surface area contributed by atoms with Crippen molar-refractivity contribution in [3.8, 4) is 5.88 Å². The second kappa shape index (κ2) is 18.2. The number of benzene rings is 2. The third-order valence-corrected chi connectivity index (χ3v) is 8.77. The fourth-order valence-corrected chi connectivity index (χ4v) is 5.75. The average Bonchev–Trinajstić information content (AvgIpc) is 3.53. The zero-order valence-corrected chi connectivity index (χ0v) is 29.3. The van der Waals surface area contributed by atoms with Crippen LogP contribution in [0.5, 0.6) is 5.88 Å². The summed E-state index contributed by atoms with van der Waals surface area (Å²) in [6.45, 7) is 5.51. The van der Waals surface area contributed by atoms with Crippen LogP contribution in [-0.4, -0.2) is 70.9 Å². The van der Waals surface area contributed by atoms with Crippen molar-refractivity contribution < 1.29 is 23.5 Å². The minimum Gasteiger partial charge on any atom is -0.473 e. The highest BCUT2D eigenvalue weighted by atomic mass is 35.5. The second-order valence-electron chi connectivity index (χ2n) is 12.1. The Labute approximate surface area is 301 Å². The van der Waals surface area contributed by atoms with E-state index in [4.69, 9.17) is 36.8 Å². The molecule has 12 nitrogen and oxygen atoms in total. The van der Waals surface area contributed by atoms with Crippen LogP contribution in [0.1, 0.15) is 59.5 Å². The summed E-state index contributed by atoms with van der Waals surface area (Å²) in [7, 11) is 1.50. The van der Waals surface area contributed by atoms with Gasteiger partial charge >= 0.3 is 0 Å². The van der Waals surface area contributed by atoms with Gasteiger partial charge in [-0.1, -0.05) is 23.7 Å². The summed E-state index contributed by atoms with van der Waals surface area (Å²) in [4.78, 5) is 43.2. The second-order valence-corrected chi connectivity index (χ2v) is 12.6. The van der Waals surface area contributed by atoms with Crippen molar-refractivity contribution in [3.05, 3.63) is 112 Å². The number of carbonyl (C=O) groups excluding carboxylic acids is 2. The number of likely N-dealkylation sites (tertiary alicyclic amines) is 1. The monoisotopic (exact) mass is 716 g/mol. The van der Waals surface area contributed by atoms with Crippen LogP contribution < -0.4 is 21.1 Å². The standard InChI is InChI=1S/C33H34ClFN8O3.C4H8O/c1-37-32(28(38-20-44)5-3-13-36)42-33(45)22-8-10-27-29(16-22)40-30(39-27)18-43-14-11-21(12-15-43)26-4-2-6-31(41-26)46-19-23-7-9-24(34)17-25(23)35;1-4-2-3-5-4/h2-10,13,16-17,20-21H,11-12,14-15,18-19,36H2,1H3,(H,38,44)(H,39,40)(H,37,42,45);4H,2-3H2,1H3/b13-3+,28-5+;/t;4-/m.1/s1. The van der Waals surface area contributed by atoms with Crippen LogP contribution in [0.15, 0.2) is 83.6 Å². The molecule has 4 heterocycles. The van der Waals surface area contributed by atoms with Gasteiger partial charge in [0.25, 0.3) is 5.91 Å². The highest BCUT2D eigenvalue weighted by Gasteiger charge is 2.23. The number of nitrogens with two attached hydrogens (primary N) is 1. The van der Waals surface area contributed by atoms with Crippen LogP contribution in [-0.2, 0) is 22.7 Å². The minimum atomic E-state index is -0.407. The molecular weight excluding hydrogens is 675 g/mol. The molecule has 0 radical (unpaired) electrons. The molecule has 268 valence electrons. The van der Waals surface area contributed by atoms with Crippen LogP contribution in [0.25, 0.3) is 11.0 Å². The Hall–Kier alpha value is -5.11. The van der Waals surface area contributed by atoms with Gasteiger partial charge < -0.3 is 30.8 Å². The van der Waals surface area contributed by atoms with E-state index in [1.807, 2.05) is 12.1 Å². The van der Waals surface area contributed by atoms with Gasteiger partial charge in [0.15, 0.2) is 5.84 Å². The molecule has 14 heteroatoms. The number of aliphatic imine (C=N–C) groups is 1. The molecule has 5 N–H and O–H groups in total. The normalized spacial score (nSPS) is 17.1. The molecule has 2 aliphatic heterocycles. The quantitative estimate of drug-likeness (QED) is 0.0699. The zero-order valence-electron chi connectivity index (χ0n) is 28.6. The number of allylic oxidation sites excluding steroid dienone is 2. The molecule has 51 heavy (non-hydrogen) atoms. The smallest absolute Gasteiger partial charge is 0.256 e. The minimum absolute atomic E-state index is 0.0693. The van der Waals surface area contributed by atoms with Gasteiger partial charge in [0.2, 0.25) is 12.3 Å². The topological polar surface area (TPSA) is 160 Å². The molecule has 2 saturated heterocycles. The number of amides is 2. The number of rotatable bonds is 11. The molecular formula is C37H42ClFN8O4.